The van der Waals surface area contributed by atoms with E-state index >= 15 is 0 Å². The minimum atomic E-state index is -1.09. The molecule has 29 heavy (non-hydrogen) atoms. The van der Waals surface area contributed by atoms with Gasteiger partial charge in [-0.2, -0.15) is 0 Å². The van der Waals surface area contributed by atoms with Crippen molar-refractivity contribution in [1.82, 2.24) is 10.2 Å². The summed E-state index contributed by atoms with van der Waals surface area (Å²) in [6.45, 7) is 7.04. The molecule has 1 aromatic rings. The Morgan fingerprint density at radius 3 is 2.14 bits per heavy atom. The Labute approximate surface area is 171 Å². The van der Waals surface area contributed by atoms with Crippen molar-refractivity contribution >= 4 is 23.7 Å². The van der Waals surface area contributed by atoms with Gasteiger partial charge in [0.25, 0.3) is 17.7 Å². The van der Waals surface area contributed by atoms with Crippen LogP contribution in [0.3, 0.4) is 0 Å². The number of hydrogen-bond donors (Lipinski definition) is 1. The van der Waals surface area contributed by atoms with Crippen molar-refractivity contribution in [3.8, 4) is 0 Å². The van der Waals surface area contributed by atoms with E-state index < -0.39 is 36.3 Å². The molecule has 3 amide bonds. The van der Waals surface area contributed by atoms with Crippen LogP contribution in [0.15, 0.2) is 24.3 Å². The Morgan fingerprint density at radius 1 is 1.03 bits per heavy atom. The highest BCUT2D eigenvalue weighted by atomic mass is 16.5. The topological polar surface area (TPSA) is 92.8 Å². The zero-order valence-corrected chi connectivity index (χ0v) is 17.6. The normalized spacial score (nSPS) is 15.3. The molecule has 1 heterocycles. The molecule has 0 aliphatic carbocycles. The van der Waals surface area contributed by atoms with E-state index in [1.54, 1.807) is 38.1 Å². The zero-order chi connectivity index (χ0) is 21.6. The number of nitrogens with one attached hydrogen (secondary N) is 1. The van der Waals surface area contributed by atoms with Crippen LogP contribution < -0.4 is 5.32 Å². The third kappa shape index (κ3) is 5.43. The molecule has 0 fully saturated rings. The fourth-order valence-corrected chi connectivity index (χ4v) is 3.45. The number of esters is 1. The Bertz CT molecular complexity index is 739. The maximum Gasteiger partial charge on any atom is 0.330 e. The van der Waals surface area contributed by atoms with Crippen LogP contribution in [0.5, 0.6) is 0 Å². The molecule has 0 saturated heterocycles. The summed E-state index contributed by atoms with van der Waals surface area (Å²) in [6.07, 6.45) is 4.09. The minimum absolute atomic E-state index is 0.00937. The first-order valence-corrected chi connectivity index (χ1v) is 10.2. The van der Waals surface area contributed by atoms with E-state index in [4.69, 9.17) is 4.74 Å². The number of carbonyl (C=O) groups excluding carboxylic acids is 4. The van der Waals surface area contributed by atoms with E-state index in [-0.39, 0.29) is 23.1 Å². The first-order valence-electron chi connectivity index (χ1n) is 10.2. The highest BCUT2D eigenvalue weighted by Gasteiger charge is 2.44. The number of hydrogen-bond acceptors (Lipinski definition) is 5. The van der Waals surface area contributed by atoms with Gasteiger partial charge in [0.1, 0.15) is 6.04 Å². The summed E-state index contributed by atoms with van der Waals surface area (Å²) >= 11 is 0. The molecular formula is C22H30N2O5. The first kappa shape index (κ1) is 22.6. The third-order valence-electron chi connectivity index (χ3n) is 4.97. The number of benzene rings is 1. The smallest absolute Gasteiger partial charge is 0.330 e. The zero-order valence-electron chi connectivity index (χ0n) is 17.6. The molecule has 7 nitrogen and oxygen atoms in total. The van der Waals surface area contributed by atoms with Gasteiger partial charge >= 0.3 is 5.97 Å². The van der Waals surface area contributed by atoms with Crippen LogP contribution in [-0.2, 0) is 14.3 Å². The van der Waals surface area contributed by atoms with Crippen molar-refractivity contribution in [1.29, 1.82) is 0 Å². The summed E-state index contributed by atoms with van der Waals surface area (Å²) < 4.78 is 5.16. The van der Waals surface area contributed by atoms with Gasteiger partial charge in [0.2, 0.25) is 0 Å². The Morgan fingerprint density at radius 2 is 1.62 bits per heavy atom. The lowest BCUT2D eigenvalue weighted by atomic mass is 10.0. The van der Waals surface area contributed by atoms with E-state index in [0.717, 1.165) is 30.6 Å². The fraction of sp³-hybridized carbons (Fsp3) is 0.545. The number of nitrogens with zero attached hydrogens (tertiary/aromatic N) is 1. The summed E-state index contributed by atoms with van der Waals surface area (Å²) in [6, 6.07) is 5.36. The van der Waals surface area contributed by atoms with Gasteiger partial charge in [-0.3, -0.25) is 19.3 Å². The largest absolute Gasteiger partial charge is 0.454 e. The first-order chi connectivity index (χ1) is 13.8. The second kappa shape index (κ2) is 10.2. The van der Waals surface area contributed by atoms with Crippen molar-refractivity contribution in [2.75, 3.05) is 6.61 Å². The van der Waals surface area contributed by atoms with Gasteiger partial charge in [0.05, 0.1) is 11.1 Å². The summed E-state index contributed by atoms with van der Waals surface area (Å²) in [5.74, 6) is -2.55. The lowest BCUT2D eigenvalue weighted by molar-refractivity contribution is -0.153. The average molecular weight is 402 g/mol. The molecular weight excluding hydrogens is 372 g/mol. The van der Waals surface area contributed by atoms with Crippen LogP contribution in [-0.4, -0.2) is 47.3 Å². The number of ether oxygens (including phenoxy) is 1. The fourth-order valence-electron chi connectivity index (χ4n) is 3.45. The van der Waals surface area contributed by atoms with Gasteiger partial charge in [-0.05, 0) is 31.4 Å². The van der Waals surface area contributed by atoms with Gasteiger partial charge in [0.15, 0.2) is 6.61 Å². The molecule has 0 saturated carbocycles. The van der Waals surface area contributed by atoms with Crippen LogP contribution in [0.1, 0.15) is 74.1 Å². The monoisotopic (exact) mass is 402 g/mol. The van der Waals surface area contributed by atoms with E-state index in [0.29, 0.717) is 0 Å². The molecule has 0 bridgehead atoms. The molecule has 0 unspecified atom stereocenters. The van der Waals surface area contributed by atoms with Gasteiger partial charge < -0.3 is 10.1 Å². The number of imide groups is 1. The minimum Gasteiger partial charge on any atom is -0.454 e. The lowest BCUT2D eigenvalue weighted by Crippen LogP contribution is -2.49. The molecule has 0 aromatic heterocycles. The van der Waals surface area contributed by atoms with E-state index in [2.05, 4.69) is 12.2 Å². The number of amides is 3. The predicted molar refractivity (Wildman–Crippen MR) is 108 cm³/mol. The van der Waals surface area contributed by atoms with Crippen LogP contribution in [0.25, 0.3) is 0 Å². The highest BCUT2D eigenvalue weighted by molar-refractivity contribution is 6.22. The molecule has 7 heteroatoms. The Kier molecular flexibility index (Phi) is 7.93. The molecule has 0 spiro atoms. The second-order valence-corrected chi connectivity index (χ2v) is 7.79. The maximum absolute atomic E-state index is 12.7. The quantitative estimate of drug-likeness (QED) is 0.369. The number of unbranched alkanes of at least 4 members (excludes halogenated alkanes) is 2. The van der Waals surface area contributed by atoms with Crippen LogP contribution in [0, 0.1) is 5.92 Å². The number of rotatable bonds is 10. The summed E-state index contributed by atoms with van der Waals surface area (Å²) in [4.78, 5) is 51.1. The number of carbonyl (C=O) groups is 4. The summed E-state index contributed by atoms with van der Waals surface area (Å²) in [7, 11) is 0. The lowest BCUT2D eigenvalue weighted by Gasteiger charge is -2.27. The Hall–Kier alpha value is -2.70. The third-order valence-corrected chi connectivity index (χ3v) is 4.97. The standard InChI is InChI=1S/C22H30N2O5/c1-5-6-7-10-15(4)23-18(25)13-29-22(28)19(14(2)3)24-20(26)16-11-8-9-12-17(16)21(24)27/h8-9,11-12,14-15,19H,5-7,10,13H2,1-4H3,(H,23,25)/t15-,19+/m1/s1. The molecule has 1 aromatic carbocycles. The van der Waals surface area contributed by atoms with Crippen molar-refractivity contribution in [3.05, 3.63) is 35.4 Å². The van der Waals surface area contributed by atoms with Gasteiger partial charge in [0, 0.05) is 6.04 Å². The molecule has 2 rings (SSSR count). The van der Waals surface area contributed by atoms with Crippen molar-refractivity contribution < 1.29 is 23.9 Å². The van der Waals surface area contributed by atoms with Crippen LogP contribution in [0.4, 0.5) is 0 Å². The van der Waals surface area contributed by atoms with Crippen LogP contribution >= 0.6 is 0 Å². The maximum atomic E-state index is 12.7. The van der Waals surface area contributed by atoms with Crippen molar-refractivity contribution in [2.24, 2.45) is 5.92 Å². The van der Waals surface area contributed by atoms with Crippen molar-refractivity contribution in [3.63, 3.8) is 0 Å². The average Bonchev–Trinajstić information content (AvgIpc) is 2.92. The molecule has 1 N–H and O–H groups in total. The van der Waals surface area contributed by atoms with Crippen molar-refractivity contribution in [2.45, 2.75) is 65.5 Å². The molecule has 2 atom stereocenters. The molecule has 1 aliphatic heterocycles. The SMILES string of the molecule is CCCCC[C@@H](C)NC(=O)COC(=O)[C@H](C(C)C)N1C(=O)c2ccccc2C1=O. The Balaban J connectivity index is 1.98. The van der Waals surface area contributed by atoms with Gasteiger partial charge in [-0.1, -0.05) is 52.2 Å². The molecule has 158 valence electrons. The highest BCUT2D eigenvalue weighted by Crippen LogP contribution is 2.27. The van der Waals surface area contributed by atoms with Crippen LogP contribution in [0.2, 0.25) is 0 Å². The second-order valence-electron chi connectivity index (χ2n) is 7.79. The van der Waals surface area contributed by atoms with E-state index in [1.807, 2.05) is 6.92 Å². The van der Waals surface area contributed by atoms with Gasteiger partial charge in [-0.15, -0.1) is 0 Å². The molecule has 1 aliphatic rings. The van der Waals surface area contributed by atoms with E-state index in [1.165, 1.54) is 0 Å². The summed E-state index contributed by atoms with van der Waals surface area (Å²) in [5, 5.41) is 2.80. The predicted octanol–water partition coefficient (Wildman–Crippen LogP) is 2.94. The van der Waals surface area contributed by atoms with E-state index in [9.17, 15) is 19.2 Å². The summed E-state index contributed by atoms with van der Waals surface area (Å²) in [5.41, 5.74) is 0.546. The molecule has 0 radical (unpaired) electrons. The van der Waals surface area contributed by atoms with Gasteiger partial charge in [-0.25, -0.2) is 4.79 Å². The number of fused-ring (bicyclic) bond motifs is 1.